The standard InChI is InChI=1S/C15H22BrN2O2S/c1-6-20-14(19)10-12(18-21(5)15(2,3)4)11-7-8-17-13(16)9-11/h5,7-9,12,18H,6,10H2,1-4H3/q-1/t12-/m0/s1. The Bertz CT molecular complexity index is 561. The molecule has 0 aliphatic rings. The highest BCUT2D eigenvalue weighted by Gasteiger charge is 2.16. The third-order valence-electron chi connectivity index (χ3n) is 2.76. The van der Waals surface area contributed by atoms with Crippen LogP contribution in [-0.4, -0.2) is 22.3 Å². The molecule has 1 N–H and O–H groups in total. The van der Waals surface area contributed by atoms with Gasteiger partial charge in [-0.15, -0.1) is 4.75 Å². The minimum Gasteiger partial charge on any atom is -0.466 e. The summed E-state index contributed by atoms with van der Waals surface area (Å²) in [4.78, 5) is 15.9. The Labute approximate surface area is 137 Å². The van der Waals surface area contributed by atoms with E-state index in [1.54, 1.807) is 13.1 Å². The highest BCUT2D eigenvalue weighted by atomic mass is 79.9. The maximum atomic E-state index is 11.8. The summed E-state index contributed by atoms with van der Waals surface area (Å²) >= 11 is 3.35. The first-order valence-electron chi connectivity index (χ1n) is 6.76. The number of hydrogen-bond donors (Lipinski definition) is 1. The number of carbonyl (C=O) groups is 1. The van der Waals surface area contributed by atoms with Crippen LogP contribution in [0.5, 0.6) is 0 Å². The molecule has 0 fully saturated rings. The van der Waals surface area contributed by atoms with Gasteiger partial charge in [0, 0.05) is 12.2 Å². The largest absolute Gasteiger partial charge is 0.466 e. The van der Waals surface area contributed by atoms with Crippen molar-refractivity contribution in [2.24, 2.45) is 0 Å². The molecule has 0 aliphatic carbocycles. The van der Waals surface area contributed by atoms with E-state index in [4.69, 9.17) is 10.4 Å². The molecule has 1 rings (SSSR count). The third-order valence-corrected chi connectivity index (χ3v) is 5.05. The van der Waals surface area contributed by atoms with Crippen molar-refractivity contribution in [2.45, 2.75) is 44.9 Å². The lowest BCUT2D eigenvalue weighted by atomic mass is 10.1. The van der Waals surface area contributed by atoms with Gasteiger partial charge in [-0.25, -0.2) is 4.98 Å². The minimum absolute atomic E-state index is 0.0861. The molecule has 0 aliphatic heterocycles. The van der Waals surface area contributed by atoms with Crippen molar-refractivity contribution >= 4 is 32.4 Å². The van der Waals surface area contributed by atoms with Gasteiger partial charge in [0.15, 0.2) is 0 Å². The van der Waals surface area contributed by atoms with E-state index < -0.39 is 10.5 Å². The molecule has 0 saturated carbocycles. The monoisotopic (exact) mass is 373 g/mol. The minimum atomic E-state index is -0.538. The molecular formula is C15H22BrN2O2S-. The molecule has 6 heteroatoms. The van der Waals surface area contributed by atoms with Crippen molar-refractivity contribution in [2.75, 3.05) is 6.61 Å². The van der Waals surface area contributed by atoms with E-state index in [2.05, 4.69) is 46.4 Å². The summed E-state index contributed by atoms with van der Waals surface area (Å²) in [6.07, 6.45) is 1.94. The quantitative estimate of drug-likeness (QED) is 0.488. The van der Waals surface area contributed by atoms with Gasteiger partial charge in [-0.05, 0) is 40.5 Å². The molecule has 0 aromatic carbocycles. The summed E-state index contributed by atoms with van der Waals surface area (Å²) in [7, 11) is -0.538. The summed E-state index contributed by atoms with van der Waals surface area (Å²) in [5.74, 6) is -0.242. The molecule has 0 saturated heterocycles. The molecule has 1 aromatic heterocycles. The van der Waals surface area contributed by atoms with Crippen LogP contribution >= 0.6 is 15.9 Å². The number of pyridine rings is 1. The van der Waals surface area contributed by atoms with Crippen LogP contribution < -0.4 is 4.72 Å². The normalized spacial score (nSPS) is 13.2. The highest BCUT2D eigenvalue weighted by Crippen LogP contribution is 2.22. The zero-order valence-corrected chi connectivity index (χ0v) is 15.3. The lowest BCUT2D eigenvalue weighted by Crippen LogP contribution is -2.34. The van der Waals surface area contributed by atoms with Gasteiger partial charge in [0.1, 0.15) is 4.60 Å². The average Bonchev–Trinajstić information content (AvgIpc) is 2.37. The number of esters is 1. The summed E-state index contributed by atoms with van der Waals surface area (Å²) in [5.41, 5.74) is 7.17. The number of hydrogen-bond acceptors (Lipinski definition) is 5. The van der Waals surface area contributed by atoms with Crippen LogP contribution in [-0.2, 0) is 20.0 Å². The van der Waals surface area contributed by atoms with Crippen molar-refractivity contribution in [3.8, 4) is 5.69 Å². The van der Waals surface area contributed by atoms with Crippen molar-refractivity contribution in [3.05, 3.63) is 28.5 Å². The van der Waals surface area contributed by atoms with Gasteiger partial charge in [0.25, 0.3) is 0 Å². The van der Waals surface area contributed by atoms with Crippen LogP contribution in [0.3, 0.4) is 0 Å². The Morgan fingerprint density at radius 3 is 2.76 bits per heavy atom. The van der Waals surface area contributed by atoms with Gasteiger partial charge in [-0.1, -0.05) is 20.8 Å². The zero-order valence-electron chi connectivity index (χ0n) is 12.9. The van der Waals surface area contributed by atoms with E-state index >= 15 is 0 Å². The fourth-order valence-electron chi connectivity index (χ4n) is 1.58. The lowest BCUT2D eigenvalue weighted by molar-refractivity contribution is -0.143. The second-order valence-corrected chi connectivity index (χ2v) is 8.49. The maximum absolute atomic E-state index is 11.8. The maximum Gasteiger partial charge on any atom is 0.307 e. The Kier molecular flexibility index (Phi) is 6.94. The molecule has 0 spiro atoms. The average molecular weight is 374 g/mol. The van der Waals surface area contributed by atoms with E-state index in [1.807, 2.05) is 12.1 Å². The van der Waals surface area contributed by atoms with Crippen LogP contribution in [0.25, 0.3) is 0 Å². The van der Waals surface area contributed by atoms with Crippen molar-refractivity contribution in [3.63, 3.8) is 0 Å². The topological polar surface area (TPSA) is 51.2 Å². The van der Waals surface area contributed by atoms with Gasteiger partial charge in [0.2, 0.25) is 0 Å². The number of aromatic nitrogens is 1. The molecule has 1 atom stereocenters. The first kappa shape index (κ1) is 18.2. The van der Waals surface area contributed by atoms with Gasteiger partial charge in [-0.2, -0.15) is 0 Å². The molecule has 118 valence electrons. The van der Waals surface area contributed by atoms with E-state index in [0.29, 0.717) is 6.61 Å². The number of halogens is 1. The number of nitrogens with zero attached hydrogens (tertiary/aromatic N) is 1. The number of nitrogens with one attached hydrogen (secondary N) is 1. The predicted octanol–water partition coefficient (Wildman–Crippen LogP) is 3.35. The van der Waals surface area contributed by atoms with Crippen molar-refractivity contribution < 1.29 is 9.53 Å². The Hall–Kier alpha value is -0.810. The zero-order chi connectivity index (χ0) is 16.0. The first-order valence-corrected chi connectivity index (χ1v) is 8.84. The van der Waals surface area contributed by atoms with Gasteiger partial charge >= 0.3 is 5.97 Å². The molecular weight excluding hydrogens is 352 g/mol. The second kappa shape index (κ2) is 7.99. The summed E-state index contributed by atoms with van der Waals surface area (Å²) in [6, 6.07) is 3.56. The van der Waals surface area contributed by atoms with Crippen molar-refractivity contribution in [1.29, 1.82) is 0 Å². The van der Waals surface area contributed by atoms with Gasteiger partial charge in [0.05, 0.1) is 13.0 Å². The molecule has 4 nitrogen and oxygen atoms in total. The van der Waals surface area contributed by atoms with Crippen LogP contribution in [0.15, 0.2) is 22.9 Å². The van der Waals surface area contributed by atoms with Gasteiger partial charge < -0.3 is 25.6 Å². The lowest BCUT2D eigenvalue weighted by Gasteiger charge is -2.39. The third kappa shape index (κ3) is 6.22. The van der Waals surface area contributed by atoms with E-state index in [-0.39, 0.29) is 23.2 Å². The Morgan fingerprint density at radius 2 is 2.24 bits per heavy atom. The summed E-state index contributed by atoms with van der Waals surface area (Å²) in [5, 5.41) is 0. The van der Waals surface area contributed by atoms with Crippen LogP contribution in [0.2, 0.25) is 0 Å². The van der Waals surface area contributed by atoms with Crippen LogP contribution in [0, 0.1) is 5.69 Å². The van der Waals surface area contributed by atoms with Gasteiger partial charge in [-0.3, -0.25) is 4.79 Å². The summed E-state index contributed by atoms with van der Waals surface area (Å²) in [6.45, 7) is 8.36. The molecule has 0 bridgehead atoms. The predicted molar refractivity (Wildman–Crippen MR) is 91.1 cm³/mol. The number of carbonyl (C=O) groups excluding carboxylic acids is 1. The Morgan fingerprint density at radius 1 is 1.57 bits per heavy atom. The SMILES string of the molecule is C#[S-](N[C@@H](CC(=O)OCC)c1ccnc(Br)c1)C(C)(C)C. The number of rotatable bonds is 5. The number of ether oxygens (including phenoxy) is 1. The fourth-order valence-corrected chi connectivity index (χ4v) is 2.84. The van der Waals surface area contributed by atoms with Crippen molar-refractivity contribution in [1.82, 2.24) is 9.71 Å². The molecule has 0 amide bonds. The molecule has 21 heavy (non-hydrogen) atoms. The van der Waals surface area contributed by atoms with E-state index in [0.717, 1.165) is 10.2 Å². The molecule has 1 heterocycles. The highest BCUT2D eigenvalue weighted by molar-refractivity contribution is 9.10. The van der Waals surface area contributed by atoms with E-state index in [9.17, 15) is 4.79 Å². The van der Waals surface area contributed by atoms with Crippen LogP contribution in [0.4, 0.5) is 0 Å². The van der Waals surface area contributed by atoms with E-state index in [1.165, 1.54) is 0 Å². The Balaban J connectivity index is 2.95. The molecule has 0 unspecified atom stereocenters. The van der Waals surface area contributed by atoms with Crippen LogP contribution in [0.1, 0.15) is 45.7 Å². The smallest absolute Gasteiger partial charge is 0.307 e. The molecule has 0 radical (unpaired) electrons. The fraction of sp³-hybridized carbons (Fsp3) is 0.533. The second-order valence-electron chi connectivity index (χ2n) is 5.54. The summed E-state index contributed by atoms with van der Waals surface area (Å²) < 4.78 is 9.03. The molecule has 1 aromatic rings. The first-order chi connectivity index (χ1) is 9.74.